The molecule has 0 aliphatic heterocycles. The first-order valence-electron chi connectivity index (χ1n) is 6.27. The van der Waals surface area contributed by atoms with Crippen molar-refractivity contribution in [1.82, 2.24) is 5.32 Å². The first-order valence-corrected chi connectivity index (χ1v) is 6.27. The number of phenolic OH excluding ortho intramolecular Hbond substituents is 1. The van der Waals surface area contributed by atoms with Crippen LogP contribution in [0.3, 0.4) is 0 Å². The number of benzene rings is 1. The molecule has 0 aromatic heterocycles. The van der Waals surface area contributed by atoms with Crippen LogP contribution in [0.4, 0.5) is 4.79 Å². The van der Waals surface area contributed by atoms with Gasteiger partial charge in [0.1, 0.15) is 11.4 Å². The number of carbonyl (C=O) groups excluding carboxylic acids is 1. The van der Waals surface area contributed by atoms with Gasteiger partial charge in [-0.25, -0.2) is 4.79 Å². The molecule has 1 unspecified atom stereocenters. The third-order valence-corrected chi connectivity index (χ3v) is 2.40. The monoisotopic (exact) mass is 266 g/mol. The zero-order valence-electron chi connectivity index (χ0n) is 11.6. The molecule has 106 valence electrons. The van der Waals surface area contributed by atoms with E-state index in [0.29, 0.717) is 13.0 Å². The molecule has 0 fully saturated rings. The van der Waals surface area contributed by atoms with Gasteiger partial charge in [-0.1, -0.05) is 12.1 Å². The maximum absolute atomic E-state index is 11.6. The van der Waals surface area contributed by atoms with E-state index in [2.05, 4.69) is 5.32 Å². The molecule has 1 rings (SSSR count). The van der Waals surface area contributed by atoms with Crippen LogP contribution in [-0.4, -0.2) is 29.4 Å². The Hall–Kier alpha value is -1.75. The molecule has 5 heteroatoms. The van der Waals surface area contributed by atoms with Gasteiger partial charge in [0.25, 0.3) is 0 Å². The zero-order chi connectivity index (χ0) is 14.5. The van der Waals surface area contributed by atoms with Crippen molar-refractivity contribution in [2.45, 2.75) is 38.8 Å². The predicted molar refractivity (Wildman–Crippen MR) is 74.0 cm³/mol. The second-order valence-electron chi connectivity index (χ2n) is 5.45. The molecule has 4 N–H and O–H groups in total. The minimum atomic E-state index is -0.533. The lowest BCUT2D eigenvalue weighted by atomic mass is 10.1. The molecule has 1 amide bonds. The number of hydrogen-bond acceptors (Lipinski definition) is 4. The molecular weight excluding hydrogens is 244 g/mol. The summed E-state index contributed by atoms with van der Waals surface area (Å²) in [5, 5.41) is 12.1. The van der Waals surface area contributed by atoms with Crippen molar-refractivity contribution in [2.75, 3.05) is 6.54 Å². The van der Waals surface area contributed by atoms with E-state index >= 15 is 0 Å². The summed E-state index contributed by atoms with van der Waals surface area (Å²) in [6.07, 6.45) is 0.0625. The van der Waals surface area contributed by atoms with Gasteiger partial charge in [-0.05, 0) is 44.9 Å². The summed E-state index contributed by atoms with van der Waals surface area (Å²) < 4.78 is 5.18. The van der Waals surface area contributed by atoms with Gasteiger partial charge in [0.15, 0.2) is 0 Å². The Morgan fingerprint density at radius 2 is 2.16 bits per heavy atom. The Morgan fingerprint density at radius 3 is 2.68 bits per heavy atom. The van der Waals surface area contributed by atoms with Gasteiger partial charge in [-0.15, -0.1) is 0 Å². The van der Waals surface area contributed by atoms with Gasteiger partial charge >= 0.3 is 6.09 Å². The second kappa shape index (κ2) is 6.43. The highest BCUT2D eigenvalue weighted by Gasteiger charge is 2.19. The summed E-state index contributed by atoms with van der Waals surface area (Å²) in [4.78, 5) is 11.6. The highest BCUT2D eigenvalue weighted by molar-refractivity contribution is 5.68. The SMILES string of the molecule is CC(C)(C)OC(=O)NC(CN)Cc1cccc(O)c1. The second-order valence-corrected chi connectivity index (χ2v) is 5.45. The van der Waals surface area contributed by atoms with E-state index in [1.54, 1.807) is 39.0 Å². The Bertz CT molecular complexity index is 427. The van der Waals surface area contributed by atoms with Crippen LogP contribution in [0.2, 0.25) is 0 Å². The minimum Gasteiger partial charge on any atom is -0.508 e. The van der Waals surface area contributed by atoms with E-state index in [-0.39, 0.29) is 11.8 Å². The Morgan fingerprint density at radius 1 is 1.47 bits per heavy atom. The fourth-order valence-corrected chi connectivity index (χ4v) is 1.64. The average molecular weight is 266 g/mol. The van der Waals surface area contributed by atoms with Crippen LogP contribution in [0.25, 0.3) is 0 Å². The molecule has 0 radical (unpaired) electrons. The van der Waals surface area contributed by atoms with E-state index in [1.807, 2.05) is 6.07 Å². The number of alkyl carbamates (subject to hydrolysis) is 1. The van der Waals surface area contributed by atoms with Crippen LogP contribution < -0.4 is 11.1 Å². The Balaban J connectivity index is 2.57. The fourth-order valence-electron chi connectivity index (χ4n) is 1.64. The number of nitrogens with two attached hydrogens (primary N) is 1. The quantitative estimate of drug-likeness (QED) is 0.775. The van der Waals surface area contributed by atoms with Crippen molar-refractivity contribution in [1.29, 1.82) is 0 Å². The molecule has 19 heavy (non-hydrogen) atoms. The average Bonchev–Trinajstić information content (AvgIpc) is 2.25. The van der Waals surface area contributed by atoms with Crippen LogP contribution in [0.5, 0.6) is 5.75 Å². The van der Waals surface area contributed by atoms with Crippen molar-refractivity contribution < 1.29 is 14.6 Å². The number of rotatable bonds is 4. The first kappa shape index (κ1) is 15.3. The van der Waals surface area contributed by atoms with Gasteiger partial charge in [-0.3, -0.25) is 0 Å². The van der Waals surface area contributed by atoms with E-state index in [9.17, 15) is 9.90 Å². The highest BCUT2D eigenvalue weighted by atomic mass is 16.6. The number of aromatic hydroxyl groups is 1. The predicted octanol–water partition coefficient (Wildman–Crippen LogP) is 1.79. The molecule has 0 aliphatic rings. The third kappa shape index (κ3) is 6.10. The lowest BCUT2D eigenvalue weighted by Crippen LogP contribution is -2.44. The van der Waals surface area contributed by atoms with Crippen molar-refractivity contribution in [3.63, 3.8) is 0 Å². The third-order valence-electron chi connectivity index (χ3n) is 2.40. The van der Waals surface area contributed by atoms with E-state index in [1.165, 1.54) is 0 Å². The number of hydrogen-bond donors (Lipinski definition) is 3. The molecular formula is C14H22N2O3. The number of amides is 1. The summed E-state index contributed by atoms with van der Waals surface area (Å²) in [5.74, 6) is 0.200. The van der Waals surface area contributed by atoms with Crippen LogP contribution in [0, 0.1) is 0 Å². The molecule has 0 bridgehead atoms. The zero-order valence-corrected chi connectivity index (χ0v) is 11.6. The van der Waals surface area contributed by atoms with E-state index in [4.69, 9.17) is 10.5 Å². The number of ether oxygens (including phenoxy) is 1. The molecule has 0 saturated carbocycles. The summed E-state index contributed by atoms with van der Waals surface area (Å²) in [5.41, 5.74) is 6.01. The number of phenols is 1. The van der Waals surface area contributed by atoms with Crippen molar-refractivity contribution in [2.24, 2.45) is 5.73 Å². The highest BCUT2D eigenvalue weighted by Crippen LogP contribution is 2.13. The van der Waals surface area contributed by atoms with Gasteiger partial charge in [0.05, 0.1) is 0 Å². The van der Waals surface area contributed by atoms with Crippen LogP contribution in [-0.2, 0) is 11.2 Å². The molecule has 5 nitrogen and oxygen atoms in total. The molecule has 1 aromatic rings. The minimum absolute atomic E-state index is 0.200. The van der Waals surface area contributed by atoms with Gasteiger partial charge in [0.2, 0.25) is 0 Å². The lowest BCUT2D eigenvalue weighted by molar-refractivity contribution is 0.0506. The molecule has 0 aliphatic carbocycles. The molecule has 1 atom stereocenters. The Kier molecular flexibility index (Phi) is 5.18. The van der Waals surface area contributed by atoms with Crippen molar-refractivity contribution in [3.8, 4) is 5.75 Å². The fraction of sp³-hybridized carbons (Fsp3) is 0.500. The van der Waals surface area contributed by atoms with Gasteiger partial charge in [0, 0.05) is 12.6 Å². The van der Waals surface area contributed by atoms with E-state index < -0.39 is 11.7 Å². The van der Waals surface area contributed by atoms with Crippen LogP contribution in [0.1, 0.15) is 26.3 Å². The molecule has 0 saturated heterocycles. The topological polar surface area (TPSA) is 84.6 Å². The summed E-state index contributed by atoms with van der Waals surface area (Å²) in [7, 11) is 0. The maximum Gasteiger partial charge on any atom is 0.407 e. The maximum atomic E-state index is 11.6. The van der Waals surface area contributed by atoms with Crippen molar-refractivity contribution >= 4 is 6.09 Å². The van der Waals surface area contributed by atoms with Gasteiger partial charge < -0.3 is 20.9 Å². The molecule has 0 spiro atoms. The summed E-state index contributed by atoms with van der Waals surface area (Å²) in [6, 6.07) is 6.66. The summed E-state index contributed by atoms with van der Waals surface area (Å²) in [6.45, 7) is 5.71. The van der Waals surface area contributed by atoms with Gasteiger partial charge in [-0.2, -0.15) is 0 Å². The summed E-state index contributed by atoms with van der Waals surface area (Å²) >= 11 is 0. The molecule has 1 aromatic carbocycles. The van der Waals surface area contributed by atoms with E-state index in [0.717, 1.165) is 5.56 Å². The standard InChI is InChI=1S/C14H22N2O3/c1-14(2,3)19-13(18)16-11(9-15)7-10-5-4-6-12(17)8-10/h4-6,8,11,17H,7,9,15H2,1-3H3,(H,16,18). The largest absolute Gasteiger partial charge is 0.508 e. The smallest absolute Gasteiger partial charge is 0.407 e. The number of carbonyl (C=O) groups is 1. The first-order chi connectivity index (χ1) is 8.80. The molecule has 0 heterocycles. The van der Waals surface area contributed by atoms with Crippen LogP contribution in [0.15, 0.2) is 24.3 Å². The lowest BCUT2D eigenvalue weighted by Gasteiger charge is -2.23. The van der Waals surface area contributed by atoms with Crippen molar-refractivity contribution in [3.05, 3.63) is 29.8 Å². The number of nitrogens with one attached hydrogen (secondary N) is 1. The van der Waals surface area contributed by atoms with Crippen LogP contribution >= 0.6 is 0 Å². The normalized spacial score (nSPS) is 12.8. The Labute approximate surface area is 113 Å².